The average molecular weight is 192 g/mol. The zero-order valence-corrected chi connectivity index (χ0v) is 8.43. The van der Waals surface area contributed by atoms with Crippen molar-refractivity contribution in [1.29, 1.82) is 0 Å². The molecule has 0 bridgehead atoms. The Balaban J connectivity index is 2.52. The van der Waals surface area contributed by atoms with Gasteiger partial charge in [0.2, 0.25) is 5.82 Å². The van der Waals surface area contributed by atoms with Crippen LogP contribution in [0.4, 0.5) is 0 Å². The molecule has 0 atom stereocenters. The Morgan fingerprint density at radius 3 is 2.79 bits per heavy atom. The molecule has 0 fully saturated rings. The van der Waals surface area contributed by atoms with E-state index in [2.05, 4.69) is 29.0 Å². The van der Waals surface area contributed by atoms with Crippen LogP contribution in [0.1, 0.15) is 25.6 Å². The van der Waals surface area contributed by atoms with Crippen LogP contribution in [0.3, 0.4) is 0 Å². The first kappa shape index (κ1) is 8.93. The number of rotatable bonds is 2. The second-order valence-corrected chi connectivity index (χ2v) is 3.42. The molecule has 5 nitrogen and oxygen atoms in total. The topological polar surface area (TPSA) is 56.7 Å². The van der Waals surface area contributed by atoms with Crippen molar-refractivity contribution in [3.05, 3.63) is 18.4 Å². The number of aromatic nitrogens is 4. The Labute approximate surface area is 81.8 Å². The highest BCUT2D eigenvalue weighted by Gasteiger charge is 2.15. The lowest BCUT2D eigenvalue weighted by Crippen LogP contribution is -2.01. The summed E-state index contributed by atoms with van der Waals surface area (Å²) in [6.45, 7) is 6.02. The summed E-state index contributed by atoms with van der Waals surface area (Å²) in [6, 6.07) is 0.310. The van der Waals surface area contributed by atoms with Gasteiger partial charge in [-0.3, -0.25) is 0 Å². The molecule has 5 heteroatoms. The van der Waals surface area contributed by atoms with E-state index < -0.39 is 0 Å². The molecule has 14 heavy (non-hydrogen) atoms. The third-order valence-electron chi connectivity index (χ3n) is 2.08. The molecule has 2 aromatic heterocycles. The van der Waals surface area contributed by atoms with Crippen molar-refractivity contribution in [2.24, 2.45) is 0 Å². The molecule has 0 saturated carbocycles. The molecule has 0 aliphatic carbocycles. The zero-order valence-electron chi connectivity index (χ0n) is 8.43. The molecule has 2 rings (SSSR count). The van der Waals surface area contributed by atoms with E-state index in [1.54, 1.807) is 6.33 Å². The molecule has 0 spiro atoms. The molecule has 0 aliphatic heterocycles. The molecule has 0 saturated heterocycles. The summed E-state index contributed by atoms with van der Waals surface area (Å²) in [5, 5.41) is 7.89. The van der Waals surface area contributed by atoms with Crippen molar-refractivity contribution in [1.82, 2.24) is 19.7 Å². The summed E-state index contributed by atoms with van der Waals surface area (Å²) in [6.07, 6.45) is 3.12. The number of oxazole rings is 1. The monoisotopic (exact) mass is 192 g/mol. The van der Waals surface area contributed by atoms with E-state index in [9.17, 15) is 0 Å². The Morgan fingerprint density at radius 1 is 1.43 bits per heavy atom. The average Bonchev–Trinajstić information content (AvgIpc) is 2.70. The van der Waals surface area contributed by atoms with Gasteiger partial charge in [-0.15, -0.1) is 10.2 Å². The molecule has 0 radical (unpaired) electrons. The van der Waals surface area contributed by atoms with Crippen molar-refractivity contribution < 1.29 is 4.42 Å². The van der Waals surface area contributed by atoms with Crippen LogP contribution in [0, 0.1) is 6.92 Å². The van der Waals surface area contributed by atoms with Crippen LogP contribution in [0.5, 0.6) is 0 Å². The van der Waals surface area contributed by atoms with E-state index in [0.717, 1.165) is 11.5 Å². The molecule has 0 unspecified atom stereocenters. The van der Waals surface area contributed by atoms with Gasteiger partial charge >= 0.3 is 0 Å². The molecule has 74 valence electrons. The molecule has 0 N–H and O–H groups in total. The molecular formula is C9H12N4O. The minimum absolute atomic E-state index is 0.310. The van der Waals surface area contributed by atoms with Gasteiger partial charge in [-0.1, -0.05) is 0 Å². The standard InChI is InChI=1S/C9H12N4O/c1-6(2)13-4-11-12-9(13)8-7(3)10-5-14-8/h4-6H,1-3H3. The Morgan fingerprint density at radius 2 is 2.21 bits per heavy atom. The highest BCUT2D eigenvalue weighted by atomic mass is 16.3. The summed E-state index contributed by atoms with van der Waals surface area (Å²) in [7, 11) is 0. The van der Waals surface area contributed by atoms with Gasteiger partial charge in [-0.05, 0) is 20.8 Å². The minimum atomic E-state index is 0.310. The fourth-order valence-electron chi connectivity index (χ4n) is 1.30. The number of nitrogens with zero attached hydrogens (tertiary/aromatic N) is 4. The van der Waals surface area contributed by atoms with E-state index >= 15 is 0 Å². The highest BCUT2D eigenvalue weighted by molar-refractivity contribution is 5.49. The van der Waals surface area contributed by atoms with Crippen molar-refractivity contribution >= 4 is 0 Å². The van der Waals surface area contributed by atoms with Crippen LogP contribution in [-0.4, -0.2) is 19.7 Å². The second-order valence-electron chi connectivity index (χ2n) is 3.42. The van der Waals surface area contributed by atoms with E-state index in [-0.39, 0.29) is 0 Å². The fraction of sp³-hybridized carbons (Fsp3) is 0.444. The van der Waals surface area contributed by atoms with Gasteiger partial charge in [0.15, 0.2) is 12.2 Å². The summed E-state index contributed by atoms with van der Waals surface area (Å²) in [5.74, 6) is 1.42. The summed E-state index contributed by atoms with van der Waals surface area (Å²) < 4.78 is 7.22. The van der Waals surface area contributed by atoms with Gasteiger partial charge in [-0.25, -0.2) is 4.98 Å². The van der Waals surface area contributed by atoms with Crippen molar-refractivity contribution in [3.63, 3.8) is 0 Å². The highest BCUT2D eigenvalue weighted by Crippen LogP contribution is 2.22. The Hall–Kier alpha value is -1.65. The Bertz CT molecular complexity index is 429. The lowest BCUT2D eigenvalue weighted by atomic mass is 10.3. The first-order chi connectivity index (χ1) is 6.70. The number of hydrogen-bond acceptors (Lipinski definition) is 4. The predicted molar refractivity (Wildman–Crippen MR) is 50.6 cm³/mol. The lowest BCUT2D eigenvalue weighted by Gasteiger charge is -2.07. The van der Waals surface area contributed by atoms with Crippen LogP contribution < -0.4 is 0 Å². The zero-order chi connectivity index (χ0) is 10.1. The van der Waals surface area contributed by atoms with Crippen LogP contribution in [0.2, 0.25) is 0 Å². The Kier molecular flexibility index (Phi) is 2.07. The van der Waals surface area contributed by atoms with E-state index in [4.69, 9.17) is 4.42 Å². The van der Waals surface area contributed by atoms with Crippen LogP contribution >= 0.6 is 0 Å². The summed E-state index contributed by atoms with van der Waals surface area (Å²) in [4.78, 5) is 4.03. The number of aryl methyl sites for hydroxylation is 1. The number of hydrogen-bond donors (Lipinski definition) is 0. The van der Waals surface area contributed by atoms with E-state index in [1.807, 2.05) is 11.5 Å². The largest absolute Gasteiger partial charge is 0.440 e. The van der Waals surface area contributed by atoms with Crippen LogP contribution in [0.15, 0.2) is 17.1 Å². The predicted octanol–water partition coefficient (Wildman–Crippen LogP) is 1.82. The van der Waals surface area contributed by atoms with Gasteiger partial charge in [0.1, 0.15) is 6.33 Å². The quantitative estimate of drug-likeness (QED) is 0.728. The first-order valence-electron chi connectivity index (χ1n) is 4.50. The molecule has 0 amide bonds. The molecule has 0 aliphatic rings. The van der Waals surface area contributed by atoms with Gasteiger partial charge < -0.3 is 8.98 Å². The third-order valence-corrected chi connectivity index (χ3v) is 2.08. The van der Waals surface area contributed by atoms with Crippen molar-refractivity contribution in [2.45, 2.75) is 26.8 Å². The van der Waals surface area contributed by atoms with Crippen LogP contribution in [-0.2, 0) is 0 Å². The lowest BCUT2D eigenvalue weighted by molar-refractivity contribution is 0.545. The first-order valence-corrected chi connectivity index (χ1v) is 4.50. The summed E-state index contributed by atoms with van der Waals surface area (Å²) in [5.41, 5.74) is 0.833. The van der Waals surface area contributed by atoms with E-state index in [1.165, 1.54) is 6.39 Å². The van der Waals surface area contributed by atoms with Gasteiger partial charge in [-0.2, -0.15) is 0 Å². The molecule has 2 heterocycles. The smallest absolute Gasteiger partial charge is 0.201 e. The van der Waals surface area contributed by atoms with Gasteiger partial charge in [0.25, 0.3) is 0 Å². The van der Waals surface area contributed by atoms with E-state index in [0.29, 0.717) is 11.8 Å². The van der Waals surface area contributed by atoms with Gasteiger partial charge in [0.05, 0.1) is 5.69 Å². The minimum Gasteiger partial charge on any atom is -0.440 e. The van der Waals surface area contributed by atoms with Crippen LogP contribution in [0.25, 0.3) is 11.6 Å². The third kappa shape index (κ3) is 1.30. The molecular weight excluding hydrogens is 180 g/mol. The maximum absolute atomic E-state index is 5.27. The van der Waals surface area contributed by atoms with Gasteiger partial charge in [0, 0.05) is 6.04 Å². The second kappa shape index (κ2) is 3.25. The van der Waals surface area contributed by atoms with Crippen molar-refractivity contribution in [3.8, 4) is 11.6 Å². The molecule has 0 aromatic carbocycles. The normalized spacial score (nSPS) is 11.1. The maximum atomic E-state index is 5.27. The fourth-order valence-corrected chi connectivity index (χ4v) is 1.30. The SMILES string of the molecule is Cc1ncoc1-c1nncn1C(C)C. The molecule has 2 aromatic rings. The summed E-state index contributed by atoms with van der Waals surface area (Å²) >= 11 is 0. The van der Waals surface area contributed by atoms with Crippen molar-refractivity contribution in [2.75, 3.05) is 0 Å². The maximum Gasteiger partial charge on any atom is 0.201 e.